The summed E-state index contributed by atoms with van der Waals surface area (Å²) in [6.07, 6.45) is 2.59. The van der Waals surface area contributed by atoms with E-state index >= 15 is 0 Å². The van der Waals surface area contributed by atoms with Gasteiger partial charge in [0, 0.05) is 44.8 Å². The second-order valence-electron chi connectivity index (χ2n) is 7.82. The van der Waals surface area contributed by atoms with Crippen LogP contribution < -0.4 is 5.32 Å². The number of carbonyl (C=O) groups excluding carboxylic acids is 1. The van der Waals surface area contributed by atoms with E-state index in [1.165, 1.54) is 15.9 Å². The molecule has 7 nitrogen and oxygen atoms in total. The quantitative estimate of drug-likeness (QED) is 0.780. The van der Waals surface area contributed by atoms with Crippen LogP contribution in [0.2, 0.25) is 0 Å². The first-order valence-electron chi connectivity index (χ1n) is 10.1. The van der Waals surface area contributed by atoms with E-state index in [0.717, 1.165) is 38.9 Å². The van der Waals surface area contributed by atoms with Gasteiger partial charge < -0.3 is 9.73 Å². The Bertz CT molecular complexity index is 965. The molecule has 156 valence electrons. The minimum Gasteiger partial charge on any atom is -0.455 e. The molecule has 2 aliphatic heterocycles. The van der Waals surface area contributed by atoms with Crippen LogP contribution in [0.1, 0.15) is 41.1 Å². The number of amides is 1. The van der Waals surface area contributed by atoms with Crippen LogP contribution in [0.5, 0.6) is 0 Å². The molecule has 0 unspecified atom stereocenters. The van der Waals surface area contributed by atoms with Gasteiger partial charge in [0.2, 0.25) is 10.0 Å². The molecule has 2 fully saturated rings. The predicted octanol–water partition coefficient (Wildman–Crippen LogP) is 2.38. The Morgan fingerprint density at radius 3 is 2.62 bits per heavy atom. The average molecular weight is 418 g/mol. The third kappa shape index (κ3) is 4.39. The molecule has 0 spiro atoms. The molecule has 0 aliphatic carbocycles. The highest BCUT2D eigenvalue weighted by Crippen LogP contribution is 2.26. The first-order valence-corrected chi connectivity index (χ1v) is 11.6. The fraction of sp³-hybridized carbons (Fsp3) is 0.476. The molecule has 0 radical (unpaired) electrons. The summed E-state index contributed by atoms with van der Waals surface area (Å²) in [5, 5.41) is 2.99. The van der Waals surface area contributed by atoms with Crippen molar-refractivity contribution in [1.29, 1.82) is 0 Å². The highest BCUT2D eigenvalue weighted by Gasteiger charge is 2.32. The van der Waals surface area contributed by atoms with Crippen molar-refractivity contribution in [2.75, 3.05) is 26.2 Å². The minimum atomic E-state index is -3.60. The predicted molar refractivity (Wildman–Crippen MR) is 109 cm³/mol. The number of hydrogen-bond acceptors (Lipinski definition) is 5. The van der Waals surface area contributed by atoms with Crippen LogP contribution in [0.25, 0.3) is 0 Å². The van der Waals surface area contributed by atoms with Crippen LogP contribution in [0.15, 0.2) is 45.7 Å². The van der Waals surface area contributed by atoms with E-state index in [2.05, 4.69) is 22.3 Å². The van der Waals surface area contributed by atoms with Crippen molar-refractivity contribution in [1.82, 2.24) is 14.5 Å². The average Bonchev–Trinajstić information content (AvgIpc) is 3.44. The highest BCUT2D eigenvalue weighted by atomic mass is 32.2. The summed E-state index contributed by atoms with van der Waals surface area (Å²) in [5.74, 6) is -0.0384. The van der Waals surface area contributed by atoms with E-state index in [-0.39, 0.29) is 28.4 Å². The number of aryl methyl sites for hydroxylation is 1. The van der Waals surface area contributed by atoms with Crippen molar-refractivity contribution in [3.8, 4) is 0 Å². The smallest absolute Gasteiger partial charge is 0.287 e. The van der Waals surface area contributed by atoms with Crippen molar-refractivity contribution in [2.24, 2.45) is 0 Å². The summed E-state index contributed by atoms with van der Waals surface area (Å²) in [7, 11) is -3.60. The van der Waals surface area contributed by atoms with Crippen LogP contribution in [0.3, 0.4) is 0 Å². The van der Waals surface area contributed by atoms with Crippen molar-refractivity contribution < 1.29 is 17.6 Å². The van der Waals surface area contributed by atoms with E-state index in [0.29, 0.717) is 13.1 Å². The molecule has 1 amide bonds. The van der Waals surface area contributed by atoms with E-state index in [1.54, 1.807) is 6.92 Å². The lowest BCUT2D eigenvalue weighted by molar-refractivity contribution is 0.0908. The summed E-state index contributed by atoms with van der Waals surface area (Å²) in [6.45, 7) is 5.16. The van der Waals surface area contributed by atoms with E-state index in [4.69, 9.17) is 4.42 Å². The first kappa shape index (κ1) is 20.1. The largest absolute Gasteiger partial charge is 0.455 e. The lowest BCUT2D eigenvalue weighted by atomic mass is 10.2. The van der Waals surface area contributed by atoms with Crippen LogP contribution in [0, 0.1) is 6.92 Å². The zero-order valence-electron chi connectivity index (χ0n) is 16.6. The molecule has 1 aromatic heterocycles. The van der Waals surface area contributed by atoms with Crippen LogP contribution >= 0.6 is 0 Å². The van der Waals surface area contributed by atoms with Gasteiger partial charge in [0.05, 0.1) is 0 Å². The topological polar surface area (TPSA) is 82.9 Å². The molecule has 1 aromatic carbocycles. The zero-order valence-corrected chi connectivity index (χ0v) is 17.5. The number of sulfonamides is 1. The Hall–Kier alpha value is -2.16. The number of rotatable bonds is 6. The summed E-state index contributed by atoms with van der Waals surface area (Å²) in [5.41, 5.74) is 1.25. The zero-order chi connectivity index (χ0) is 20.4. The van der Waals surface area contributed by atoms with Gasteiger partial charge in [-0.05, 0) is 31.7 Å². The second-order valence-corrected chi connectivity index (χ2v) is 9.73. The van der Waals surface area contributed by atoms with Crippen molar-refractivity contribution >= 4 is 15.9 Å². The molecule has 0 saturated carbocycles. The number of furan rings is 1. The first-order chi connectivity index (χ1) is 13.9. The van der Waals surface area contributed by atoms with E-state index in [9.17, 15) is 13.2 Å². The fourth-order valence-corrected chi connectivity index (χ4v) is 5.77. The molecular weight excluding hydrogens is 390 g/mol. The summed E-state index contributed by atoms with van der Waals surface area (Å²) >= 11 is 0. The third-order valence-electron chi connectivity index (χ3n) is 5.64. The third-order valence-corrected chi connectivity index (χ3v) is 7.64. The van der Waals surface area contributed by atoms with Gasteiger partial charge in [-0.15, -0.1) is 0 Å². The number of likely N-dealkylation sites (tertiary alicyclic amines) is 1. The molecule has 0 bridgehead atoms. The molecule has 1 N–H and O–H groups in total. The normalized spacial score (nSPS) is 20.9. The number of nitrogens with zero attached hydrogens (tertiary/aromatic N) is 2. The van der Waals surface area contributed by atoms with Gasteiger partial charge in [-0.3, -0.25) is 9.69 Å². The summed E-state index contributed by atoms with van der Waals surface area (Å²) < 4.78 is 32.5. The summed E-state index contributed by atoms with van der Waals surface area (Å²) in [4.78, 5) is 15.0. The van der Waals surface area contributed by atoms with Gasteiger partial charge in [-0.25, -0.2) is 8.42 Å². The molecule has 2 aliphatic rings. The van der Waals surface area contributed by atoms with Crippen LogP contribution in [0.4, 0.5) is 0 Å². The van der Waals surface area contributed by atoms with Crippen LogP contribution in [-0.2, 0) is 16.6 Å². The maximum Gasteiger partial charge on any atom is 0.287 e. The maximum absolute atomic E-state index is 12.8. The molecule has 29 heavy (non-hydrogen) atoms. The van der Waals surface area contributed by atoms with Crippen molar-refractivity contribution in [3.05, 3.63) is 53.5 Å². The lowest BCUT2D eigenvalue weighted by Crippen LogP contribution is -2.36. The highest BCUT2D eigenvalue weighted by molar-refractivity contribution is 7.89. The molecular formula is C21H27N3O4S. The fourth-order valence-electron chi connectivity index (χ4n) is 4.09. The molecule has 2 aromatic rings. The van der Waals surface area contributed by atoms with Gasteiger partial charge in [0.1, 0.15) is 10.7 Å². The number of carbonyl (C=O) groups is 1. The Morgan fingerprint density at radius 1 is 1.17 bits per heavy atom. The lowest BCUT2D eigenvalue weighted by Gasteiger charge is -2.16. The van der Waals surface area contributed by atoms with Gasteiger partial charge in [-0.1, -0.05) is 30.3 Å². The Balaban J connectivity index is 1.38. The van der Waals surface area contributed by atoms with Gasteiger partial charge in [0.25, 0.3) is 5.91 Å². The number of hydrogen-bond donors (Lipinski definition) is 1. The molecule has 2 saturated heterocycles. The Morgan fingerprint density at radius 2 is 1.90 bits per heavy atom. The monoisotopic (exact) mass is 417 g/mol. The van der Waals surface area contributed by atoms with Gasteiger partial charge >= 0.3 is 0 Å². The Kier molecular flexibility index (Phi) is 5.76. The molecule has 3 heterocycles. The molecule has 4 rings (SSSR count). The van der Waals surface area contributed by atoms with Crippen molar-refractivity contribution in [3.63, 3.8) is 0 Å². The number of nitrogens with one attached hydrogen (secondary N) is 1. The SMILES string of the molecule is Cc1oc(C(=O)N[C@@H]2CCN(Cc3ccccc3)C2)cc1S(=O)(=O)N1CCCC1. The molecule has 8 heteroatoms. The van der Waals surface area contributed by atoms with E-state index in [1.807, 2.05) is 18.2 Å². The maximum atomic E-state index is 12.8. The van der Waals surface area contributed by atoms with Crippen molar-refractivity contribution in [2.45, 2.75) is 43.7 Å². The van der Waals surface area contributed by atoms with Gasteiger partial charge in [0.15, 0.2) is 5.76 Å². The Labute approximate surface area is 171 Å². The van der Waals surface area contributed by atoms with E-state index < -0.39 is 10.0 Å². The van der Waals surface area contributed by atoms with Gasteiger partial charge in [-0.2, -0.15) is 4.31 Å². The van der Waals surface area contributed by atoms with Crippen LogP contribution in [-0.4, -0.2) is 55.8 Å². The standard InChI is InChI=1S/C21H27N3O4S/c1-16-20(29(26,27)24-10-5-6-11-24)13-19(28-16)21(25)22-18-9-12-23(15-18)14-17-7-3-2-4-8-17/h2-4,7-8,13,18H,5-6,9-12,14-15H2,1H3,(H,22,25)/t18-/m1/s1. The second kappa shape index (κ2) is 8.30. The number of benzene rings is 1. The molecule has 1 atom stereocenters. The summed E-state index contributed by atoms with van der Waals surface area (Å²) in [6, 6.07) is 11.6. The minimum absolute atomic E-state index is 0.0234.